The van der Waals surface area contributed by atoms with Crippen molar-refractivity contribution in [1.82, 2.24) is 0 Å². The van der Waals surface area contributed by atoms with Gasteiger partial charge in [-0.15, -0.1) is 0 Å². The summed E-state index contributed by atoms with van der Waals surface area (Å²) in [6.07, 6.45) is 0. The number of nitrogen functional groups attached to an aromatic ring is 1. The topological polar surface area (TPSA) is 121 Å². The molecule has 3 aromatic rings. The molecule has 8 heteroatoms. The van der Waals surface area contributed by atoms with E-state index in [1.807, 2.05) is 6.92 Å². The molecular formula is C19H13N2O5S-. The largest absolute Gasteiger partial charge is 0.744 e. The van der Waals surface area contributed by atoms with Gasteiger partial charge < -0.3 is 10.3 Å². The zero-order valence-corrected chi connectivity index (χ0v) is 14.9. The molecule has 0 radical (unpaired) electrons. The van der Waals surface area contributed by atoms with Crippen LogP contribution in [0.15, 0.2) is 53.4 Å². The van der Waals surface area contributed by atoms with Crippen LogP contribution in [0.2, 0.25) is 0 Å². The summed E-state index contributed by atoms with van der Waals surface area (Å²) in [4.78, 5) is 26.3. The van der Waals surface area contributed by atoms with Gasteiger partial charge in [0.05, 0.1) is 21.8 Å². The standard InChI is InChI=1S/C19H14N2O5S/c1-10-5-7-11(8-6-10)21-18(22)13-4-2-3-12-16(13)14(19(21)23)9-15(17(12)20)27(24,25)26/h2-9H,20H2,1H3,(H,24,25,26)/p-1. The van der Waals surface area contributed by atoms with E-state index in [1.54, 1.807) is 24.3 Å². The summed E-state index contributed by atoms with van der Waals surface area (Å²) < 4.78 is 34.8. The van der Waals surface area contributed by atoms with Gasteiger partial charge in [-0.1, -0.05) is 29.8 Å². The molecule has 0 aliphatic carbocycles. The average Bonchev–Trinajstić information content (AvgIpc) is 2.61. The van der Waals surface area contributed by atoms with E-state index < -0.39 is 26.8 Å². The third-order valence-electron chi connectivity index (χ3n) is 4.59. The molecule has 27 heavy (non-hydrogen) atoms. The minimum atomic E-state index is -4.90. The highest BCUT2D eigenvalue weighted by atomic mass is 32.2. The molecule has 0 spiro atoms. The molecule has 0 unspecified atom stereocenters. The number of nitrogens with two attached hydrogens (primary N) is 1. The number of anilines is 2. The van der Waals surface area contributed by atoms with Gasteiger partial charge in [-0.05, 0) is 31.2 Å². The quantitative estimate of drug-likeness (QED) is 0.413. The van der Waals surface area contributed by atoms with Crippen LogP contribution in [0.25, 0.3) is 10.8 Å². The van der Waals surface area contributed by atoms with Crippen molar-refractivity contribution in [3.63, 3.8) is 0 Å². The molecule has 0 fully saturated rings. The van der Waals surface area contributed by atoms with Crippen LogP contribution in [0.4, 0.5) is 11.4 Å². The number of benzene rings is 3. The van der Waals surface area contributed by atoms with E-state index in [2.05, 4.69) is 0 Å². The second-order valence-electron chi connectivity index (χ2n) is 6.30. The maximum Gasteiger partial charge on any atom is 0.266 e. The highest BCUT2D eigenvalue weighted by Crippen LogP contribution is 2.38. The summed E-state index contributed by atoms with van der Waals surface area (Å²) >= 11 is 0. The second-order valence-corrected chi connectivity index (χ2v) is 7.65. The molecule has 1 heterocycles. The Hall–Kier alpha value is -3.23. The Morgan fingerprint density at radius 1 is 0.963 bits per heavy atom. The van der Waals surface area contributed by atoms with E-state index in [9.17, 15) is 22.6 Å². The van der Waals surface area contributed by atoms with Crippen molar-refractivity contribution in [3.05, 3.63) is 65.2 Å². The second kappa shape index (κ2) is 5.63. The first-order chi connectivity index (χ1) is 12.7. The summed E-state index contributed by atoms with van der Waals surface area (Å²) in [5.74, 6) is -1.25. The SMILES string of the molecule is Cc1ccc(N2C(=O)c3cccc4c(N)c(S(=O)(=O)[O-])cc(c34)C2=O)cc1. The van der Waals surface area contributed by atoms with Gasteiger partial charge in [-0.25, -0.2) is 13.3 Å². The molecule has 0 saturated carbocycles. The minimum absolute atomic E-state index is 0.0515. The molecule has 2 N–H and O–H groups in total. The van der Waals surface area contributed by atoms with Gasteiger partial charge in [0.15, 0.2) is 0 Å². The molecule has 0 atom stereocenters. The normalized spacial score (nSPS) is 14.1. The van der Waals surface area contributed by atoms with Crippen molar-refractivity contribution in [2.45, 2.75) is 11.8 Å². The first kappa shape index (κ1) is 17.2. The van der Waals surface area contributed by atoms with Crippen LogP contribution >= 0.6 is 0 Å². The van der Waals surface area contributed by atoms with Gasteiger partial charge in [-0.3, -0.25) is 9.59 Å². The number of imide groups is 1. The Labute approximate surface area is 154 Å². The van der Waals surface area contributed by atoms with E-state index in [0.29, 0.717) is 5.69 Å². The lowest BCUT2D eigenvalue weighted by Crippen LogP contribution is -2.40. The van der Waals surface area contributed by atoms with Gasteiger partial charge in [-0.2, -0.15) is 0 Å². The van der Waals surface area contributed by atoms with Gasteiger partial charge in [0.1, 0.15) is 10.1 Å². The summed E-state index contributed by atoms with van der Waals surface area (Å²) in [7, 11) is -4.90. The van der Waals surface area contributed by atoms with Crippen LogP contribution in [0.1, 0.15) is 26.3 Å². The Bertz CT molecular complexity index is 1250. The molecule has 2 amide bonds. The average molecular weight is 381 g/mol. The highest BCUT2D eigenvalue weighted by molar-refractivity contribution is 7.86. The third kappa shape index (κ3) is 2.49. The van der Waals surface area contributed by atoms with Crippen LogP contribution in [0.5, 0.6) is 0 Å². The van der Waals surface area contributed by atoms with Crippen molar-refractivity contribution in [2.24, 2.45) is 0 Å². The number of carbonyl (C=O) groups excluding carboxylic acids is 2. The van der Waals surface area contributed by atoms with Crippen LogP contribution < -0.4 is 10.6 Å². The van der Waals surface area contributed by atoms with E-state index in [1.165, 1.54) is 18.2 Å². The first-order valence-corrected chi connectivity index (χ1v) is 9.37. The van der Waals surface area contributed by atoms with Gasteiger partial charge in [0, 0.05) is 16.3 Å². The molecule has 0 bridgehead atoms. The van der Waals surface area contributed by atoms with E-state index in [-0.39, 0.29) is 27.6 Å². The number of nitrogens with zero attached hydrogens (tertiary/aromatic N) is 1. The smallest absolute Gasteiger partial charge is 0.266 e. The molecule has 0 aromatic heterocycles. The fourth-order valence-electron chi connectivity index (χ4n) is 3.30. The molecule has 3 aromatic carbocycles. The number of carbonyl (C=O) groups is 2. The van der Waals surface area contributed by atoms with Crippen LogP contribution in [-0.2, 0) is 10.1 Å². The summed E-state index contributed by atoms with van der Waals surface area (Å²) in [6, 6.07) is 12.3. The number of hydrogen-bond donors (Lipinski definition) is 1. The molecular weight excluding hydrogens is 368 g/mol. The van der Waals surface area contributed by atoms with Crippen LogP contribution in [-0.4, -0.2) is 24.8 Å². The maximum atomic E-state index is 13.1. The fraction of sp³-hybridized carbons (Fsp3) is 0.0526. The van der Waals surface area contributed by atoms with Crippen molar-refractivity contribution >= 4 is 44.1 Å². The number of hydrogen-bond acceptors (Lipinski definition) is 6. The maximum absolute atomic E-state index is 13.1. The lowest BCUT2D eigenvalue weighted by atomic mass is 9.92. The first-order valence-electron chi connectivity index (χ1n) is 7.96. The van der Waals surface area contributed by atoms with Gasteiger partial charge in [0.2, 0.25) is 0 Å². The van der Waals surface area contributed by atoms with Crippen LogP contribution in [0, 0.1) is 6.92 Å². The molecule has 136 valence electrons. The van der Waals surface area contributed by atoms with E-state index >= 15 is 0 Å². The van der Waals surface area contributed by atoms with Crippen molar-refractivity contribution in [3.8, 4) is 0 Å². The predicted octanol–water partition coefficient (Wildman–Crippen LogP) is 2.44. The minimum Gasteiger partial charge on any atom is -0.744 e. The number of aryl methyl sites for hydroxylation is 1. The highest BCUT2D eigenvalue weighted by Gasteiger charge is 2.35. The lowest BCUT2D eigenvalue weighted by Gasteiger charge is -2.28. The Kier molecular flexibility index (Phi) is 3.59. The summed E-state index contributed by atoms with van der Waals surface area (Å²) in [5.41, 5.74) is 7.05. The molecule has 4 rings (SSSR count). The molecule has 7 nitrogen and oxygen atoms in total. The van der Waals surface area contributed by atoms with E-state index in [4.69, 9.17) is 5.73 Å². The molecule has 0 saturated heterocycles. The zero-order chi connectivity index (χ0) is 19.5. The zero-order valence-electron chi connectivity index (χ0n) is 14.1. The van der Waals surface area contributed by atoms with Crippen molar-refractivity contribution in [1.29, 1.82) is 0 Å². The predicted molar refractivity (Wildman–Crippen MR) is 98.6 cm³/mol. The Morgan fingerprint density at radius 3 is 2.22 bits per heavy atom. The summed E-state index contributed by atoms with van der Waals surface area (Å²) in [6.45, 7) is 1.87. The number of amides is 2. The van der Waals surface area contributed by atoms with Gasteiger partial charge in [0.25, 0.3) is 11.8 Å². The Morgan fingerprint density at radius 2 is 1.59 bits per heavy atom. The van der Waals surface area contributed by atoms with Gasteiger partial charge >= 0.3 is 0 Å². The van der Waals surface area contributed by atoms with Crippen molar-refractivity contribution < 1.29 is 22.6 Å². The molecule has 1 aliphatic heterocycles. The van der Waals surface area contributed by atoms with E-state index in [0.717, 1.165) is 16.5 Å². The fourth-order valence-corrected chi connectivity index (χ4v) is 3.94. The Balaban J connectivity index is 2.06. The number of rotatable bonds is 2. The summed E-state index contributed by atoms with van der Waals surface area (Å²) in [5, 5.41) is 0.436. The van der Waals surface area contributed by atoms with Crippen molar-refractivity contribution in [2.75, 3.05) is 10.6 Å². The monoisotopic (exact) mass is 381 g/mol. The molecule has 1 aliphatic rings. The lowest BCUT2D eigenvalue weighted by molar-refractivity contribution is 0.0893. The third-order valence-corrected chi connectivity index (χ3v) is 5.47. The van der Waals surface area contributed by atoms with Crippen LogP contribution in [0.3, 0.4) is 0 Å².